The van der Waals surface area contributed by atoms with E-state index in [-0.39, 0.29) is 11.3 Å². The number of aromatic hydroxyl groups is 1. The van der Waals surface area contributed by atoms with Gasteiger partial charge in [0, 0.05) is 11.6 Å². The number of nitrogens with one attached hydrogen (secondary N) is 1. The smallest absolute Gasteiger partial charge is 0.413 e. The molecule has 2 N–H and O–H groups in total. The Balaban J connectivity index is 2.59. The Morgan fingerprint density at radius 3 is 2.60 bits per heavy atom. The van der Waals surface area contributed by atoms with E-state index in [4.69, 9.17) is 9.84 Å². The van der Waals surface area contributed by atoms with Crippen molar-refractivity contribution in [3.63, 3.8) is 0 Å². The molecule has 82 valence electrons. The summed E-state index contributed by atoms with van der Waals surface area (Å²) >= 11 is 0. The van der Waals surface area contributed by atoms with Gasteiger partial charge in [0.15, 0.2) is 0 Å². The topological polar surface area (TPSA) is 58.6 Å². The van der Waals surface area contributed by atoms with Crippen molar-refractivity contribution in [2.45, 2.75) is 26.3 Å². The van der Waals surface area contributed by atoms with Crippen molar-refractivity contribution in [2.24, 2.45) is 0 Å². The minimum atomic E-state index is -0.534. The fraction of sp³-hybridized carbons (Fsp3) is 0.364. The molecule has 0 aromatic heterocycles. The molecule has 0 aliphatic heterocycles. The van der Waals surface area contributed by atoms with Crippen LogP contribution in [0.3, 0.4) is 0 Å². The molecule has 0 fully saturated rings. The van der Waals surface area contributed by atoms with Crippen LogP contribution in [-0.4, -0.2) is 16.7 Å². The van der Waals surface area contributed by atoms with E-state index in [1.165, 1.54) is 12.1 Å². The third kappa shape index (κ3) is 4.35. The van der Waals surface area contributed by atoms with E-state index in [1.54, 1.807) is 12.1 Å². The molecule has 0 spiro atoms. The summed E-state index contributed by atoms with van der Waals surface area (Å²) < 4.78 is 4.96. The van der Waals surface area contributed by atoms with Crippen molar-refractivity contribution in [1.29, 1.82) is 0 Å². The van der Waals surface area contributed by atoms with Crippen molar-refractivity contribution in [3.8, 4) is 11.5 Å². The first-order valence-electron chi connectivity index (χ1n) is 4.66. The number of carbonyl (C=O) groups excluding carboxylic acids is 1. The van der Waals surface area contributed by atoms with Gasteiger partial charge < -0.3 is 15.2 Å². The highest BCUT2D eigenvalue weighted by Gasteiger charge is 2.15. The molecule has 4 nitrogen and oxygen atoms in total. The van der Waals surface area contributed by atoms with E-state index >= 15 is 0 Å². The van der Waals surface area contributed by atoms with Crippen LogP contribution < -0.4 is 10.1 Å². The highest BCUT2D eigenvalue weighted by molar-refractivity contribution is 5.71. The highest BCUT2D eigenvalue weighted by atomic mass is 16.6. The van der Waals surface area contributed by atoms with Crippen LogP contribution >= 0.6 is 0 Å². The second kappa shape index (κ2) is 4.21. The number of ether oxygens (including phenoxy) is 1. The van der Waals surface area contributed by atoms with Crippen LogP contribution in [0.4, 0.5) is 4.79 Å². The summed E-state index contributed by atoms with van der Waals surface area (Å²) in [6.07, 6.45) is -0.534. The second-order valence-corrected chi connectivity index (χ2v) is 4.26. The molecule has 0 radical (unpaired) electrons. The minimum Gasteiger partial charge on any atom is -0.508 e. The van der Waals surface area contributed by atoms with Gasteiger partial charge in [0.2, 0.25) is 0 Å². The monoisotopic (exact) mass is 209 g/mol. The minimum absolute atomic E-state index is 0.0658. The molecule has 1 rings (SSSR count). The first-order chi connectivity index (χ1) is 6.87. The van der Waals surface area contributed by atoms with Gasteiger partial charge in [0.25, 0.3) is 0 Å². The quantitative estimate of drug-likeness (QED) is 0.746. The second-order valence-electron chi connectivity index (χ2n) is 4.26. The maximum absolute atomic E-state index is 11.3. The number of benzene rings is 1. The maximum atomic E-state index is 11.3. The summed E-state index contributed by atoms with van der Waals surface area (Å²) in [5.74, 6) is 0.382. The van der Waals surface area contributed by atoms with Gasteiger partial charge >= 0.3 is 6.09 Å². The average molecular weight is 209 g/mol. The van der Waals surface area contributed by atoms with Crippen LogP contribution in [0.25, 0.3) is 0 Å². The third-order valence-electron chi connectivity index (χ3n) is 1.51. The molecule has 1 aromatic carbocycles. The van der Waals surface area contributed by atoms with Crippen molar-refractivity contribution in [2.75, 3.05) is 0 Å². The largest absolute Gasteiger partial charge is 0.508 e. The van der Waals surface area contributed by atoms with Crippen LogP contribution in [0.5, 0.6) is 11.5 Å². The summed E-state index contributed by atoms with van der Waals surface area (Å²) in [6.45, 7) is 5.57. The van der Waals surface area contributed by atoms with Crippen LogP contribution in [-0.2, 0) is 0 Å². The van der Waals surface area contributed by atoms with E-state index in [1.807, 2.05) is 20.8 Å². The lowest BCUT2D eigenvalue weighted by molar-refractivity contribution is 0.190. The summed E-state index contributed by atoms with van der Waals surface area (Å²) in [5, 5.41) is 11.8. The average Bonchev–Trinajstić information content (AvgIpc) is 1.99. The molecule has 1 aromatic rings. The molecule has 4 heteroatoms. The molecule has 0 aliphatic rings. The van der Waals surface area contributed by atoms with Crippen LogP contribution in [0.2, 0.25) is 0 Å². The predicted octanol–water partition coefficient (Wildman–Crippen LogP) is 2.28. The zero-order chi connectivity index (χ0) is 11.5. The first kappa shape index (κ1) is 11.4. The van der Waals surface area contributed by atoms with Gasteiger partial charge in [-0.3, -0.25) is 0 Å². The molecular weight excluding hydrogens is 194 g/mol. The van der Waals surface area contributed by atoms with Crippen molar-refractivity contribution < 1.29 is 14.6 Å². The molecule has 0 heterocycles. The third-order valence-corrected chi connectivity index (χ3v) is 1.51. The lowest BCUT2D eigenvalue weighted by atomic mass is 10.1. The molecule has 0 unspecified atom stereocenters. The SMILES string of the molecule is CC(C)(C)NC(=O)Oc1cccc(O)c1. The lowest BCUT2D eigenvalue weighted by Gasteiger charge is -2.19. The molecule has 15 heavy (non-hydrogen) atoms. The fourth-order valence-electron chi connectivity index (χ4n) is 0.986. The molecule has 0 saturated heterocycles. The molecule has 0 atom stereocenters. The van der Waals surface area contributed by atoms with Gasteiger partial charge in [-0.15, -0.1) is 0 Å². The van der Waals surface area contributed by atoms with E-state index in [2.05, 4.69) is 5.32 Å². The van der Waals surface area contributed by atoms with Crippen molar-refractivity contribution >= 4 is 6.09 Å². The summed E-state index contributed by atoms with van der Waals surface area (Å²) in [6, 6.07) is 6.09. The first-order valence-corrected chi connectivity index (χ1v) is 4.66. The maximum Gasteiger partial charge on any atom is 0.413 e. The summed E-state index contributed by atoms with van der Waals surface area (Å²) in [5.41, 5.74) is -0.339. The lowest BCUT2D eigenvalue weighted by Crippen LogP contribution is -2.42. The van der Waals surface area contributed by atoms with E-state index in [0.717, 1.165) is 0 Å². The van der Waals surface area contributed by atoms with Crippen LogP contribution in [0.1, 0.15) is 20.8 Å². The number of rotatable bonds is 1. The fourth-order valence-corrected chi connectivity index (χ4v) is 0.986. The number of hydrogen-bond acceptors (Lipinski definition) is 3. The molecule has 1 amide bonds. The summed E-state index contributed by atoms with van der Waals surface area (Å²) in [7, 11) is 0. The number of carbonyl (C=O) groups is 1. The van der Waals surface area contributed by atoms with Crippen molar-refractivity contribution in [1.82, 2.24) is 5.32 Å². The molecular formula is C11H15NO3. The summed E-state index contributed by atoms with van der Waals surface area (Å²) in [4.78, 5) is 11.3. The zero-order valence-electron chi connectivity index (χ0n) is 9.07. The van der Waals surface area contributed by atoms with Gasteiger partial charge in [-0.25, -0.2) is 4.79 Å². The van der Waals surface area contributed by atoms with Crippen LogP contribution in [0, 0.1) is 0 Å². The molecule has 0 bridgehead atoms. The van der Waals surface area contributed by atoms with E-state index in [9.17, 15) is 4.79 Å². The Labute approximate surface area is 88.9 Å². The van der Waals surface area contributed by atoms with Gasteiger partial charge in [-0.1, -0.05) is 6.07 Å². The molecule has 0 aliphatic carbocycles. The number of hydrogen-bond donors (Lipinski definition) is 2. The van der Waals surface area contributed by atoms with Gasteiger partial charge in [0.1, 0.15) is 11.5 Å². The Hall–Kier alpha value is -1.71. The van der Waals surface area contributed by atoms with Gasteiger partial charge in [-0.2, -0.15) is 0 Å². The standard InChI is InChI=1S/C11H15NO3/c1-11(2,3)12-10(14)15-9-6-4-5-8(13)7-9/h4-7,13H,1-3H3,(H,12,14). The predicted molar refractivity (Wildman–Crippen MR) is 57.0 cm³/mol. The van der Waals surface area contributed by atoms with Gasteiger partial charge in [0.05, 0.1) is 0 Å². The number of amides is 1. The van der Waals surface area contributed by atoms with Crippen LogP contribution in [0.15, 0.2) is 24.3 Å². The Morgan fingerprint density at radius 2 is 2.07 bits per heavy atom. The van der Waals surface area contributed by atoms with E-state index < -0.39 is 6.09 Å². The Morgan fingerprint density at radius 1 is 1.40 bits per heavy atom. The molecule has 0 saturated carbocycles. The Kier molecular flexibility index (Phi) is 3.19. The number of phenolic OH excluding ortho intramolecular Hbond substituents is 1. The van der Waals surface area contributed by atoms with Gasteiger partial charge in [-0.05, 0) is 32.9 Å². The van der Waals surface area contributed by atoms with E-state index in [0.29, 0.717) is 5.75 Å². The Bertz CT molecular complexity index is 355. The van der Waals surface area contributed by atoms with Crippen molar-refractivity contribution in [3.05, 3.63) is 24.3 Å². The number of phenols is 1. The normalized spacial score (nSPS) is 10.9. The highest BCUT2D eigenvalue weighted by Crippen LogP contribution is 2.17. The zero-order valence-corrected chi connectivity index (χ0v) is 9.07.